The summed E-state index contributed by atoms with van der Waals surface area (Å²) in [5.41, 5.74) is 7.37. The number of anilines is 1. The molecule has 0 aromatic heterocycles. The van der Waals surface area contributed by atoms with Crippen molar-refractivity contribution in [2.75, 3.05) is 5.32 Å². The van der Waals surface area contributed by atoms with Crippen molar-refractivity contribution >= 4 is 27.5 Å². The average molecular weight is 330 g/mol. The molecule has 0 bridgehead atoms. The standard InChI is InChI=1S/C15H12BrN3O/c16-12-5-2-6-13(8-12)19-14(15(18)20)11-4-1-3-10(7-11)9-17/h1-8,14,19H,(H2,18,20). The molecule has 100 valence electrons. The smallest absolute Gasteiger partial charge is 0.244 e. The number of carbonyl (C=O) groups excluding carboxylic acids is 1. The molecule has 2 aromatic rings. The molecule has 0 heterocycles. The van der Waals surface area contributed by atoms with Crippen LogP contribution in [0.15, 0.2) is 53.0 Å². The van der Waals surface area contributed by atoms with Crippen LogP contribution in [-0.4, -0.2) is 5.91 Å². The summed E-state index contributed by atoms with van der Waals surface area (Å²) in [7, 11) is 0. The molecule has 20 heavy (non-hydrogen) atoms. The van der Waals surface area contributed by atoms with Gasteiger partial charge < -0.3 is 11.1 Å². The Balaban J connectivity index is 2.32. The maximum atomic E-state index is 11.7. The third-order valence-electron chi connectivity index (χ3n) is 2.77. The van der Waals surface area contributed by atoms with Crippen LogP contribution in [0.2, 0.25) is 0 Å². The highest BCUT2D eigenvalue weighted by atomic mass is 79.9. The molecular weight excluding hydrogens is 318 g/mol. The third kappa shape index (κ3) is 3.37. The van der Waals surface area contributed by atoms with Gasteiger partial charge in [-0.05, 0) is 35.9 Å². The van der Waals surface area contributed by atoms with Crippen molar-refractivity contribution in [3.63, 3.8) is 0 Å². The minimum atomic E-state index is -0.683. The molecule has 2 aromatic carbocycles. The largest absolute Gasteiger partial charge is 0.370 e. The van der Waals surface area contributed by atoms with Crippen LogP contribution in [0.25, 0.3) is 0 Å². The zero-order valence-electron chi connectivity index (χ0n) is 10.5. The zero-order chi connectivity index (χ0) is 14.5. The van der Waals surface area contributed by atoms with Crippen molar-refractivity contribution in [2.24, 2.45) is 5.73 Å². The number of halogens is 1. The summed E-state index contributed by atoms with van der Waals surface area (Å²) in [6, 6.07) is 15.6. The normalized spacial score (nSPS) is 11.4. The third-order valence-corrected chi connectivity index (χ3v) is 3.26. The molecule has 1 atom stereocenters. The lowest BCUT2D eigenvalue weighted by molar-refractivity contribution is -0.118. The summed E-state index contributed by atoms with van der Waals surface area (Å²) in [5.74, 6) is -0.500. The van der Waals surface area contributed by atoms with E-state index in [0.717, 1.165) is 10.2 Å². The molecule has 0 radical (unpaired) electrons. The summed E-state index contributed by atoms with van der Waals surface area (Å²) < 4.78 is 0.900. The molecule has 0 saturated carbocycles. The van der Waals surface area contributed by atoms with Crippen LogP contribution in [-0.2, 0) is 4.79 Å². The maximum Gasteiger partial charge on any atom is 0.244 e. The van der Waals surface area contributed by atoms with Crippen LogP contribution < -0.4 is 11.1 Å². The Kier molecular flexibility index (Phi) is 4.38. The molecule has 0 spiro atoms. The first-order valence-electron chi connectivity index (χ1n) is 5.91. The molecule has 2 rings (SSSR count). The fraction of sp³-hybridized carbons (Fsp3) is 0.0667. The molecule has 5 heteroatoms. The Hall–Kier alpha value is -2.32. The van der Waals surface area contributed by atoms with Crippen LogP contribution in [0, 0.1) is 11.3 Å². The fourth-order valence-electron chi connectivity index (χ4n) is 1.85. The van der Waals surface area contributed by atoms with Gasteiger partial charge in [0.2, 0.25) is 5.91 Å². The summed E-state index contributed by atoms with van der Waals surface area (Å²) in [4.78, 5) is 11.7. The van der Waals surface area contributed by atoms with Gasteiger partial charge in [0.25, 0.3) is 0 Å². The number of nitriles is 1. The first kappa shape index (κ1) is 14.1. The number of carbonyl (C=O) groups is 1. The monoisotopic (exact) mass is 329 g/mol. The van der Waals surface area contributed by atoms with Gasteiger partial charge in [-0.3, -0.25) is 4.79 Å². The number of hydrogen-bond donors (Lipinski definition) is 2. The highest BCUT2D eigenvalue weighted by Gasteiger charge is 2.18. The van der Waals surface area contributed by atoms with E-state index in [4.69, 9.17) is 11.0 Å². The lowest BCUT2D eigenvalue weighted by Crippen LogP contribution is -2.27. The molecule has 1 amide bonds. The average Bonchev–Trinajstić information content (AvgIpc) is 2.44. The van der Waals surface area contributed by atoms with Crippen molar-refractivity contribution in [3.8, 4) is 6.07 Å². The number of hydrogen-bond acceptors (Lipinski definition) is 3. The van der Waals surface area contributed by atoms with Crippen LogP contribution in [0.1, 0.15) is 17.2 Å². The number of nitrogens with zero attached hydrogens (tertiary/aromatic N) is 1. The van der Waals surface area contributed by atoms with E-state index in [1.165, 1.54) is 0 Å². The number of nitrogens with one attached hydrogen (secondary N) is 1. The van der Waals surface area contributed by atoms with Gasteiger partial charge in [-0.2, -0.15) is 5.26 Å². The van der Waals surface area contributed by atoms with Gasteiger partial charge >= 0.3 is 0 Å². The van der Waals surface area contributed by atoms with E-state index >= 15 is 0 Å². The van der Waals surface area contributed by atoms with Crippen LogP contribution in [0.5, 0.6) is 0 Å². The fourth-order valence-corrected chi connectivity index (χ4v) is 2.25. The Morgan fingerprint density at radius 3 is 2.65 bits per heavy atom. The predicted octanol–water partition coefficient (Wildman–Crippen LogP) is 2.96. The van der Waals surface area contributed by atoms with Crippen molar-refractivity contribution < 1.29 is 4.79 Å². The van der Waals surface area contributed by atoms with Gasteiger partial charge in [0.1, 0.15) is 6.04 Å². The molecule has 0 aliphatic rings. The van der Waals surface area contributed by atoms with E-state index in [1.807, 2.05) is 30.3 Å². The van der Waals surface area contributed by atoms with E-state index in [1.54, 1.807) is 24.3 Å². The minimum absolute atomic E-state index is 0.491. The lowest BCUT2D eigenvalue weighted by atomic mass is 10.0. The van der Waals surface area contributed by atoms with Gasteiger partial charge in [-0.25, -0.2) is 0 Å². The SMILES string of the molecule is N#Cc1cccc(C(Nc2cccc(Br)c2)C(N)=O)c1. The Labute approximate surface area is 125 Å². The highest BCUT2D eigenvalue weighted by Crippen LogP contribution is 2.22. The van der Waals surface area contributed by atoms with E-state index in [-0.39, 0.29) is 0 Å². The van der Waals surface area contributed by atoms with Gasteiger partial charge in [0.15, 0.2) is 0 Å². The molecule has 0 aliphatic heterocycles. The lowest BCUT2D eigenvalue weighted by Gasteiger charge is -2.17. The second-order valence-electron chi connectivity index (χ2n) is 4.23. The zero-order valence-corrected chi connectivity index (χ0v) is 12.1. The topological polar surface area (TPSA) is 78.9 Å². The molecular formula is C15H12BrN3O. The Morgan fingerprint density at radius 1 is 1.25 bits per heavy atom. The van der Waals surface area contributed by atoms with E-state index in [0.29, 0.717) is 11.1 Å². The van der Waals surface area contributed by atoms with Gasteiger partial charge in [0, 0.05) is 10.2 Å². The first-order chi connectivity index (χ1) is 9.60. The maximum absolute atomic E-state index is 11.7. The van der Waals surface area contributed by atoms with E-state index in [9.17, 15) is 4.79 Å². The molecule has 3 N–H and O–H groups in total. The van der Waals surface area contributed by atoms with Crippen molar-refractivity contribution in [1.82, 2.24) is 0 Å². The number of amides is 1. The van der Waals surface area contributed by atoms with Crippen LogP contribution in [0.4, 0.5) is 5.69 Å². The first-order valence-corrected chi connectivity index (χ1v) is 6.71. The van der Waals surface area contributed by atoms with Gasteiger partial charge in [-0.15, -0.1) is 0 Å². The predicted molar refractivity (Wildman–Crippen MR) is 80.9 cm³/mol. The number of benzene rings is 2. The number of primary amides is 1. The highest BCUT2D eigenvalue weighted by molar-refractivity contribution is 9.10. The summed E-state index contributed by atoms with van der Waals surface area (Å²) in [6.45, 7) is 0. The van der Waals surface area contributed by atoms with Gasteiger partial charge in [0.05, 0.1) is 11.6 Å². The minimum Gasteiger partial charge on any atom is -0.370 e. The van der Waals surface area contributed by atoms with Crippen molar-refractivity contribution in [3.05, 3.63) is 64.1 Å². The number of nitrogens with two attached hydrogens (primary N) is 1. The molecule has 0 saturated heterocycles. The molecule has 1 unspecified atom stereocenters. The Morgan fingerprint density at radius 2 is 2.00 bits per heavy atom. The van der Waals surface area contributed by atoms with Crippen LogP contribution >= 0.6 is 15.9 Å². The molecule has 4 nitrogen and oxygen atoms in total. The van der Waals surface area contributed by atoms with E-state index < -0.39 is 11.9 Å². The summed E-state index contributed by atoms with van der Waals surface area (Å²) >= 11 is 3.37. The second kappa shape index (κ2) is 6.22. The Bertz CT molecular complexity index is 679. The quantitative estimate of drug-likeness (QED) is 0.904. The van der Waals surface area contributed by atoms with Crippen molar-refractivity contribution in [1.29, 1.82) is 5.26 Å². The van der Waals surface area contributed by atoms with Crippen LogP contribution in [0.3, 0.4) is 0 Å². The molecule has 0 aliphatic carbocycles. The van der Waals surface area contributed by atoms with E-state index in [2.05, 4.69) is 21.2 Å². The summed E-state index contributed by atoms with van der Waals surface area (Å²) in [5, 5.41) is 12.0. The van der Waals surface area contributed by atoms with Gasteiger partial charge in [-0.1, -0.05) is 34.1 Å². The summed E-state index contributed by atoms with van der Waals surface area (Å²) in [6.07, 6.45) is 0. The number of rotatable bonds is 4. The van der Waals surface area contributed by atoms with Crippen molar-refractivity contribution in [2.45, 2.75) is 6.04 Å². The molecule has 0 fully saturated rings. The second-order valence-corrected chi connectivity index (χ2v) is 5.14.